The molecule has 5 heteroatoms. The second-order valence-corrected chi connectivity index (χ2v) is 7.65. The van der Waals surface area contributed by atoms with Crippen LogP contribution in [0.3, 0.4) is 0 Å². The number of piperidine rings is 1. The van der Waals surface area contributed by atoms with Crippen LogP contribution in [0.5, 0.6) is 0 Å². The molecule has 0 aromatic heterocycles. The first kappa shape index (κ1) is 16.4. The SMILES string of the molecule is FC(F)(F)CCN1CCC(NC[C@@H]2[C@@H]3Cc4ccccc4[C@@H]23)CC1. The molecular formula is C19H25F3N2. The zero-order valence-corrected chi connectivity index (χ0v) is 13.9. The van der Waals surface area contributed by atoms with Crippen molar-refractivity contribution in [2.75, 3.05) is 26.2 Å². The number of alkyl halides is 3. The van der Waals surface area contributed by atoms with E-state index in [1.807, 2.05) is 4.90 Å². The third kappa shape index (κ3) is 3.47. The van der Waals surface area contributed by atoms with Crippen LogP contribution in [0.4, 0.5) is 13.2 Å². The van der Waals surface area contributed by atoms with Gasteiger partial charge in [-0.25, -0.2) is 0 Å². The summed E-state index contributed by atoms with van der Waals surface area (Å²) in [6.45, 7) is 2.79. The Morgan fingerprint density at radius 2 is 1.88 bits per heavy atom. The molecule has 0 radical (unpaired) electrons. The summed E-state index contributed by atoms with van der Waals surface area (Å²) in [5.41, 5.74) is 3.08. The molecule has 1 N–H and O–H groups in total. The molecule has 0 amide bonds. The Morgan fingerprint density at radius 1 is 1.12 bits per heavy atom. The number of rotatable bonds is 5. The Labute approximate surface area is 141 Å². The molecule has 1 aromatic rings. The number of likely N-dealkylation sites (tertiary alicyclic amines) is 1. The molecule has 1 heterocycles. The van der Waals surface area contributed by atoms with Gasteiger partial charge in [0.15, 0.2) is 0 Å². The van der Waals surface area contributed by atoms with Gasteiger partial charge in [-0.3, -0.25) is 0 Å². The minimum atomic E-state index is -4.03. The number of nitrogens with zero attached hydrogens (tertiary/aromatic N) is 1. The molecule has 4 rings (SSSR count). The molecule has 2 aliphatic carbocycles. The largest absolute Gasteiger partial charge is 0.390 e. The lowest BCUT2D eigenvalue weighted by Crippen LogP contribution is -2.44. The van der Waals surface area contributed by atoms with Crippen LogP contribution < -0.4 is 5.32 Å². The fourth-order valence-corrected chi connectivity index (χ4v) is 4.71. The van der Waals surface area contributed by atoms with Crippen LogP contribution in [0.15, 0.2) is 24.3 Å². The quantitative estimate of drug-likeness (QED) is 0.883. The molecule has 1 aliphatic heterocycles. The van der Waals surface area contributed by atoms with E-state index in [4.69, 9.17) is 0 Å². The molecule has 0 bridgehead atoms. The maximum absolute atomic E-state index is 12.3. The molecule has 0 unspecified atom stereocenters. The Bertz CT molecular complexity index is 578. The highest BCUT2D eigenvalue weighted by Crippen LogP contribution is 2.60. The summed E-state index contributed by atoms with van der Waals surface area (Å²) in [4.78, 5) is 1.95. The van der Waals surface area contributed by atoms with Gasteiger partial charge in [-0.05, 0) is 67.8 Å². The van der Waals surface area contributed by atoms with Gasteiger partial charge in [0.25, 0.3) is 0 Å². The number of nitrogens with one attached hydrogen (secondary N) is 1. The Morgan fingerprint density at radius 3 is 2.62 bits per heavy atom. The van der Waals surface area contributed by atoms with Gasteiger partial charge in [-0.2, -0.15) is 13.2 Å². The smallest absolute Gasteiger partial charge is 0.314 e. The lowest BCUT2D eigenvalue weighted by molar-refractivity contribution is -0.138. The van der Waals surface area contributed by atoms with Gasteiger partial charge in [0, 0.05) is 12.6 Å². The number of hydrogen-bond donors (Lipinski definition) is 1. The van der Waals surface area contributed by atoms with Crippen LogP contribution >= 0.6 is 0 Å². The molecule has 2 nitrogen and oxygen atoms in total. The Kier molecular flexibility index (Phi) is 4.33. The highest BCUT2D eigenvalue weighted by molar-refractivity contribution is 5.43. The molecule has 3 atom stereocenters. The van der Waals surface area contributed by atoms with Crippen LogP contribution in [0.2, 0.25) is 0 Å². The van der Waals surface area contributed by atoms with E-state index in [1.165, 1.54) is 12.0 Å². The number of fused-ring (bicyclic) bond motifs is 3. The van der Waals surface area contributed by atoms with Gasteiger partial charge < -0.3 is 10.2 Å². The maximum Gasteiger partial charge on any atom is 0.390 e. The van der Waals surface area contributed by atoms with E-state index in [2.05, 4.69) is 29.6 Å². The number of hydrogen-bond acceptors (Lipinski definition) is 2. The van der Waals surface area contributed by atoms with Crippen molar-refractivity contribution < 1.29 is 13.2 Å². The van der Waals surface area contributed by atoms with Crippen molar-refractivity contribution in [1.29, 1.82) is 0 Å². The molecule has 132 valence electrons. The Balaban J connectivity index is 1.18. The zero-order valence-electron chi connectivity index (χ0n) is 13.9. The van der Waals surface area contributed by atoms with E-state index in [0.29, 0.717) is 6.04 Å². The van der Waals surface area contributed by atoms with Crippen LogP contribution in [0.25, 0.3) is 0 Å². The summed E-state index contributed by atoms with van der Waals surface area (Å²) in [6, 6.07) is 9.27. The van der Waals surface area contributed by atoms with Gasteiger partial charge in [0.1, 0.15) is 0 Å². The standard InChI is InChI=1S/C19H25F3N2/c20-19(21,22)7-10-24-8-5-14(6-9-24)23-12-17-16-11-13-3-1-2-4-15(13)18(16)17/h1-4,14,16-18,23H,5-12H2/t16-,17+,18+/m0/s1. The van der Waals surface area contributed by atoms with E-state index >= 15 is 0 Å². The van der Waals surface area contributed by atoms with Crippen molar-refractivity contribution in [1.82, 2.24) is 10.2 Å². The van der Waals surface area contributed by atoms with E-state index in [9.17, 15) is 13.2 Å². The van der Waals surface area contributed by atoms with Crippen molar-refractivity contribution >= 4 is 0 Å². The second kappa shape index (κ2) is 6.34. The molecule has 1 saturated heterocycles. The fourth-order valence-electron chi connectivity index (χ4n) is 4.71. The van der Waals surface area contributed by atoms with Crippen molar-refractivity contribution in [3.05, 3.63) is 35.4 Å². The first-order valence-corrected chi connectivity index (χ1v) is 9.11. The van der Waals surface area contributed by atoms with Crippen LogP contribution in [-0.4, -0.2) is 43.3 Å². The Hall–Kier alpha value is -1.07. The van der Waals surface area contributed by atoms with Gasteiger partial charge >= 0.3 is 6.18 Å². The minimum absolute atomic E-state index is 0.153. The summed E-state index contributed by atoms with van der Waals surface area (Å²) >= 11 is 0. The number of benzene rings is 1. The summed E-state index contributed by atoms with van der Waals surface area (Å²) < 4.78 is 36.8. The van der Waals surface area contributed by atoms with Crippen molar-refractivity contribution in [3.63, 3.8) is 0 Å². The van der Waals surface area contributed by atoms with E-state index in [0.717, 1.165) is 50.2 Å². The number of halogens is 3. The van der Waals surface area contributed by atoms with Crippen molar-refractivity contribution in [2.24, 2.45) is 11.8 Å². The van der Waals surface area contributed by atoms with Gasteiger partial charge in [0.05, 0.1) is 6.42 Å². The van der Waals surface area contributed by atoms with E-state index < -0.39 is 12.6 Å². The average Bonchev–Trinajstić information content (AvgIpc) is 3.09. The predicted molar refractivity (Wildman–Crippen MR) is 88.0 cm³/mol. The lowest BCUT2D eigenvalue weighted by Gasteiger charge is -2.32. The molecule has 3 aliphatic rings. The summed E-state index contributed by atoms with van der Waals surface area (Å²) in [5.74, 6) is 2.34. The topological polar surface area (TPSA) is 15.3 Å². The monoisotopic (exact) mass is 338 g/mol. The third-order valence-electron chi connectivity index (χ3n) is 6.14. The first-order chi connectivity index (χ1) is 11.5. The molecular weight excluding hydrogens is 313 g/mol. The lowest BCUT2D eigenvalue weighted by atomic mass is 10.0. The summed E-state index contributed by atoms with van der Waals surface area (Å²) in [5, 5.41) is 3.69. The normalized spacial score (nSPS) is 30.2. The van der Waals surface area contributed by atoms with Gasteiger partial charge in [-0.1, -0.05) is 24.3 Å². The third-order valence-corrected chi connectivity index (χ3v) is 6.14. The summed E-state index contributed by atoms with van der Waals surface area (Å²) in [6.07, 6.45) is -1.55. The summed E-state index contributed by atoms with van der Waals surface area (Å²) in [7, 11) is 0. The molecule has 1 aromatic carbocycles. The fraction of sp³-hybridized carbons (Fsp3) is 0.684. The highest BCUT2D eigenvalue weighted by Gasteiger charge is 2.54. The van der Waals surface area contributed by atoms with Crippen molar-refractivity contribution in [2.45, 2.75) is 43.8 Å². The van der Waals surface area contributed by atoms with Gasteiger partial charge in [0.2, 0.25) is 0 Å². The predicted octanol–water partition coefficient (Wildman–Crippen LogP) is 3.58. The molecule has 24 heavy (non-hydrogen) atoms. The second-order valence-electron chi connectivity index (χ2n) is 7.65. The highest BCUT2D eigenvalue weighted by atomic mass is 19.4. The van der Waals surface area contributed by atoms with E-state index in [1.54, 1.807) is 5.56 Å². The van der Waals surface area contributed by atoms with Crippen molar-refractivity contribution in [3.8, 4) is 0 Å². The van der Waals surface area contributed by atoms with E-state index in [-0.39, 0.29) is 6.54 Å². The van der Waals surface area contributed by atoms with Gasteiger partial charge in [-0.15, -0.1) is 0 Å². The first-order valence-electron chi connectivity index (χ1n) is 9.11. The molecule has 1 saturated carbocycles. The zero-order chi connectivity index (χ0) is 16.7. The van der Waals surface area contributed by atoms with Crippen LogP contribution in [-0.2, 0) is 6.42 Å². The molecule has 2 fully saturated rings. The average molecular weight is 338 g/mol. The minimum Gasteiger partial charge on any atom is -0.314 e. The maximum atomic E-state index is 12.3. The van der Waals surface area contributed by atoms with Crippen LogP contribution in [0.1, 0.15) is 36.3 Å². The molecule has 0 spiro atoms. The van der Waals surface area contributed by atoms with Crippen LogP contribution in [0, 0.1) is 11.8 Å².